The Kier molecular flexibility index (Phi) is 6.50. The molecule has 0 unspecified atom stereocenters. The highest BCUT2D eigenvalue weighted by molar-refractivity contribution is 5.83. The van der Waals surface area contributed by atoms with Crippen LogP contribution in [0.1, 0.15) is 36.4 Å². The maximum atomic E-state index is 13.2. The third-order valence-electron chi connectivity index (χ3n) is 5.75. The number of nitrogens with one attached hydrogen (secondary N) is 1. The van der Waals surface area contributed by atoms with Crippen LogP contribution in [-0.4, -0.2) is 79.4 Å². The van der Waals surface area contributed by atoms with Crippen molar-refractivity contribution in [3.05, 3.63) is 35.4 Å². The van der Waals surface area contributed by atoms with E-state index in [1.54, 1.807) is 0 Å². The van der Waals surface area contributed by atoms with Gasteiger partial charge in [0.1, 0.15) is 6.04 Å². The molecule has 2 heterocycles. The topological polar surface area (TPSA) is 55.9 Å². The Morgan fingerprint density at radius 2 is 1.93 bits per heavy atom. The summed E-state index contributed by atoms with van der Waals surface area (Å²) in [5.41, 5.74) is 2.24. The van der Waals surface area contributed by atoms with Crippen molar-refractivity contribution in [3.8, 4) is 0 Å². The van der Waals surface area contributed by atoms with Crippen molar-refractivity contribution in [1.82, 2.24) is 20.0 Å². The first-order valence-corrected chi connectivity index (χ1v) is 9.98. The van der Waals surface area contributed by atoms with Crippen LogP contribution in [0, 0.1) is 6.92 Å². The molecule has 3 rings (SSSR count). The highest BCUT2D eigenvalue weighted by Gasteiger charge is 2.32. The number of hydrogen-bond acceptors (Lipinski definition) is 4. The van der Waals surface area contributed by atoms with Crippen LogP contribution in [0.4, 0.5) is 0 Å². The number of piperidine rings is 1. The molecule has 2 saturated heterocycles. The lowest BCUT2D eigenvalue weighted by atomic mass is 9.98. The van der Waals surface area contributed by atoms with E-state index >= 15 is 0 Å². The van der Waals surface area contributed by atoms with Gasteiger partial charge in [-0.05, 0) is 39.4 Å². The molecule has 1 atom stereocenters. The summed E-state index contributed by atoms with van der Waals surface area (Å²) in [6.45, 7) is 6.11. The monoisotopic (exact) mass is 372 g/mol. The summed E-state index contributed by atoms with van der Waals surface area (Å²) in [7, 11) is 3.94. The fraction of sp³-hybridized carbons (Fsp3) is 0.619. The molecule has 2 fully saturated rings. The van der Waals surface area contributed by atoms with Crippen LogP contribution in [0.5, 0.6) is 0 Å². The van der Waals surface area contributed by atoms with E-state index in [2.05, 4.69) is 29.3 Å². The maximum absolute atomic E-state index is 13.2. The quantitative estimate of drug-likeness (QED) is 0.868. The van der Waals surface area contributed by atoms with E-state index in [4.69, 9.17) is 0 Å². The van der Waals surface area contributed by atoms with Gasteiger partial charge >= 0.3 is 0 Å². The summed E-state index contributed by atoms with van der Waals surface area (Å²) in [6.07, 6.45) is 2.54. The second-order valence-electron chi connectivity index (χ2n) is 7.97. The highest BCUT2D eigenvalue weighted by atomic mass is 16.2. The van der Waals surface area contributed by atoms with E-state index in [0.717, 1.165) is 51.1 Å². The molecule has 1 aromatic carbocycles. The zero-order valence-electron chi connectivity index (χ0n) is 16.8. The lowest BCUT2D eigenvalue weighted by molar-refractivity contribution is -0.138. The largest absolute Gasteiger partial charge is 0.355 e. The second-order valence-corrected chi connectivity index (χ2v) is 7.97. The van der Waals surface area contributed by atoms with Crippen LogP contribution < -0.4 is 5.32 Å². The van der Waals surface area contributed by atoms with E-state index in [1.807, 2.05) is 36.0 Å². The Bertz CT molecular complexity index is 668. The fourth-order valence-electron chi connectivity index (χ4n) is 4.28. The first-order chi connectivity index (χ1) is 13.0. The van der Waals surface area contributed by atoms with Gasteiger partial charge in [-0.25, -0.2) is 0 Å². The molecule has 2 amide bonds. The van der Waals surface area contributed by atoms with Gasteiger partial charge in [-0.3, -0.25) is 19.4 Å². The fourth-order valence-corrected chi connectivity index (χ4v) is 4.28. The number of carbonyl (C=O) groups is 2. The van der Waals surface area contributed by atoms with Gasteiger partial charge < -0.3 is 10.2 Å². The van der Waals surface area contributed by atoms with Crippen LogP contribution in [0.2, 0.25) is 0 Å². The normalized spacial score (nSPS) is 21.0. The van der Waals surface area contributed by atoms with Crippen molar-refractivity contribution in [2.45, 2.75) is 38.3 Å². The summed E-state index contributed by atoms with van der Waals surface area (Å²) < 4.78 is 0. The predicted molar refractivity (Wildman–Crippen MR) is 106 cm³/mol. The van der Waals surface area contributed by atoms with Crippen LogP contribution in [0.15, 0.2) is 24.3 Å². The number of amides is 2. The summed E-state index contributed by atoms with van der Waals surface area (Å²) in [4.78, 5) is 31.3. The number of nitrogens with zero attached hydrogens (tertiary/aromatic N) is 3. The standard InChI is InChI=1S/C21H32N4O2/c1-16-5-4-6-17(15-16)20(23(2)3)21(27)25-11-7-18(8-12-25)24-13-9-19(26)22-10-14-24/h4-6,15,18,20H,7-14H2,1-3H3,(H,22,26)/t20-/m1/s1. The minimum atomic E-state index is -0.235. The SMILES string of the molecule is Cc1cccc([C@H](C(=O)N2CCC(N3CCNC(=O)CC3)CC2)N(C)C)c1. The molecule has 1 aromatic rings. The first-order valence-electron chi connectivity index (χ1n) is 9.98. The van der Waals surface area contributed by atoms with Crippen LogP contribution >= 0.6 is 0 Å². The molecule has 2 aliphatic heterocycles. The van der Waals surface area contributed by atoms with Crippen molar-refractivity contribution in [2.75, 3.05) is 46.8 Å². The summed E-state index contributed by atoms with van der Waals surface area (Å²) >= 11 is 0. The number of carbonyl (C=O) groups excluding carboxylic acids is 2. The third kappa shape index (κ3) is 4.87. The Labute approximate surface area is 162 Å². The van der Waals surface area contributed by atoms with Crippen molar-refractivity contribution >= 4 is 11.8 Å². The Hall–Kier alpha value is -1.92. The number of aryl methyl sites for hydroxylation is 1. The van der Waals surface area contributed by atoms with Gasteiger partial charge in [0.05, 0.1) is 0 Å². The summed E-state index contributed by atoms with van der Waals surface area (Å²) in [5, 5.41) is 2.94. The molecule has 6 heteroatoms. The number of hydrogen-bond donors (Lipinski definition) is 1. The first kappa shape index (κ1) is 19.8. The highest BCUT2D eigenvalue weighted by Crippen LogP contribution is 2.25. The zero-order valence-corrected chi connectivity index (χ0v) is 16.8. The minimum absolute atomic E-state index is 0.150. The molecule has 6 nitrogen and oxygen atoms in total. The maximum Gasteiger partial charge on any atom is 0.244 e. The van der Waals surface area contributed by atoms with Gasteiger partial charge in [-0.15, -0.1) is 0 Å². The number of rotatable bonds is 4. The zero-order chi connectivity index (χ0) is 19.4. The van der Waals surface area contributed by atoms with E-state index in [9.17, 15) is 9.59 Å². The molecule has 0 spiro atoms. The molecule has 27 heavy (non-hydrogen) atoms. The molecule has 0 radical (unpaired) electrons. The molecule has 0 bridgehead atoms. The van der Waals surface area contributed by atoms with Crippen molar-refractivity contribution in [3.63, 3.8) is 0 Å². The Morgan fingerprint density at radius 3 is 2.59 bits per heavy atom. The van der Waals surface area contributed by atoms with Gasteiger partial charge in [-0.2, -0.15) is 0 Å². The summed E-state index contributed by atoms with van der Waals surface area (Å²) in [5.74, 6) is 0.342. The molecule has 0 aromatic heterocycles. The van der Waals surface area contributed by atoms with E-state index in [-0.39, 0.29) is 17.9 Å². The van der Waals surface area contributed by atoms with Crippen LogP contribution in [0.25, 0.3) is 0 Å². The predicted octanol–water partition coefficient (Wildman–Crippen LogP) is 1.41. The van der Waals surface area contributed by atoms with Crippen molar-refractivity contribution in [1.29, 1.82) is 0 Å². The third-order valence-corrected chi connectivity index (χ3v) is 5.75. The second kappa shape index (κ2) is 8.85. The smallest absolute Gasteiger partial charge is 0.244 e. The average molecular weight is 373 g/mol. The molecular weight excluding hydrogens is 340 g/mol. The van der Waals surface area contributed by atoms with Gasteiger partial charge in [0.2, 0.25) is 11.8 Å². The van der Waals surface area contributed by atoms with E-state index < -0.39 is 0 Å². The number of benzene rings is 1. The molecular formula is C21H32N4O2. The Morgan fingerprint density at radius 1 is 1.19 bits per heavy atom. The molecule has 2 aliphatic rings. The minimum Gasteiger partial charge on any atom is -0.355 e. The Balaban J connectivity index is 1.62. The summed E-state index contributed by atoms with van der Waals surface area (Å²) in [6, 6.07) is 8.47. The molecule has 0 saturated carbocycles. The van der Waals surface area contributed by atoms with Gasteiger partial charge in [0.25, 0.3) is 0 Å². The van der Waals surface area contributed by atoms with Crippen LogP contribution in [-0.2, 0) is 9.59 Å². The van der Waals surface area contributed by atoms with E-state index in [1.165, 1.54) is 5.56 Å². The van der Waals surface area contributed by atoms with Crippen molar-refractivity contribution < 1.29 is 9.59 Å². The molecule has 0 aliphatic carbocycles. The lowest BCUT2D eigenvalue weighted by Gasteiger charge is -2.39. The van der Waals surface area contributed by atoms with Gasteiger partial charge in [0, 0.05) is 45.2 Å². The number of likely N-dealkylation sites (tertiary alicyclic amines) is 1. The van der Waals surface area contributed by atoms with Gasteiger partial charge in [-0.1, -0.05) is 29.8 Å². The number of likely N-dealkylation sites (N-methyl/N-ethyl adjacent to an activating group) is 1. The molecule has 148 valence electrons. The average Bonchev–Trinajstić information content (AvgIpc) is 2.86. The van der Waals surface area contributed by atoms with Crippen molar-refractivity contribution in [2.24, 2.45) is 0 Å². The lowest BCUT2D eigenvalue weighted by Crippen LogP contribution is -2.50. The van der Waals surface area contributed by atoms with E-state index in [0.29, 0.717) is 12.5 Å². The molecule has 1 N–H and O–H groups in total. The van der Waals surface area contributed by atoms with Gasteiger partial charge in [0.15, 0.2) is 0 Å². The van der Waals surface area contributed by atoms with Crippen LogP contribution in [0.3, 0.4) is 0 Å².